The Morgan fingerprint density at radius 1 is 0.339 bits per heavy atom. The van der Waals surface area contributed by atoms with Crippen molar-refractivity contribution in [2.75, 3.05) is 52.4 Å². The van der Waals surface area contributed by atoms with E-state index in [-0.39, 0.29) is 0 Å². The van der Waals surface area contributed by atoms with E-state index in [1.807, 2.05) is 0 Å². The lowest BCUT2D eigenvalue weighted by atomic mass is 10.1. The van der Waals surface area contributed by atoms with Crippen LogP contribution >= 0.6 is 0 Å². The summed E-state index contributed by atoms with van der Waals surface area (Å²) in [5.74, 6) is 0. The maximum absolute atomic E-state index is 5.03. The average molecular weight is 755 g/mol. The van der Waals surface area contributed by atoms with E-state index < -0.39 is 0 Å². The third-order valence-corrected chi connectivity index (χ3v) is 10.1. The van der Waals surface area contributed by atoms with Crippen LogP contribution < -0.4 is 31.9 Å². The fourth-order valence-corrected chi connectivity index (χ4v) is 7.16. The van der Waals surface area contributed by atoms with E-state index in [0.29, 0.717) is 0 Å². The molecule has 0 spiro atoms. The molecule has 1 aromatic carbocycles. The third kappa shape index (κ3) is 13.3. The van der Waals surface area contributed by atoms with Crippen LogP contribution in [0.15, 0.2) is 97.1 Å². The first-order valence-corrected chi connectivity index (χ1v) is 20.3. The molecule has 0 saturated heterocycles. The Labute approximate surface area is 332 Å². The molecule has 56 heavy (non-hydrogen) atoms. The summed E-state index contributed by atoms with van der Waals surface area (Å²) < 4.78 is 0. The van der Waals surface area contributed by atoms with Gasteiger partial charge in [-0.3, -0.25) is 29.7 Å². The second-order valence-corrected chi connectivity index (χ2v) is 14.8. The molecule has 6 N–H and O–H groups in total. The Hall–Kier alpha value is -4.50. The highest BCUT2D eigenvalue weighted by Crippen LogP contribution is 2.15. The van der Waals surface area contributed by atoms with Gasteiger partial charge in [0.1, 0.15) is 0 Å². The second-order valence-electron chi connectivity index (χ2n) is 14.8. The first-order chi connectivity index (χ1) is 27.7. The molecule has 2 aliphatic rings. The van der Waals surface area contributed by atoms with Gasteiger partial charge in [0.05, 0.1) is 45.6 Å². The standard InChI is InChI=1S/C44H58N12/c1-5-37-25-45-17-19-47-27-41-9-3-11-43(53-41)33-55(23-21-49-29-39(7-1)51-37)31-35-13-15-36(16-14-35)32-56-24-22-50-30-40-8-2-6-38(52-40)26-46-18-20-48-28-42-10-4-12-44(34-56)54-42/h1-16,45-50H,17-34H2. The number of benzene rings is 1. The van der Waals surface area contributed by atoms with Crippen molar-refractivity contribution in [1.82, 2.24) is 61.6 Å². The SMILES string of the molecule is c1cc2nc(c1)CNCCN(Cc1ccc(CN3CCNCc4cccc(n4)CNCCNCc4cccc(n4)C3)cc1)Cc1cccc(n1)CNCCNC2. The molecule has 7 rings (SSSR count). The molecule has 0 fully saturated rings. The molecule has 6 heterocycles. The third-order valence-electron chi connectivity index (χ3n) is 10.1. The Balaban J connectivity index is 1.01. The predicted octanol–water partition coefficient (Wildman–Crippen LogP) is 3.24. The van der Waals surface area contributed by atoms with Crippen LogP contribution in [0.2, 0.25) is 0 Å². The number of fused-ring (bicyclic) bond motifs is 8. The molecule has 0 amide bonds. The van der Waals surface area contributed by atoms with Gasteiger partial charge in [0, 0.05) is 118 Å². The molecule has 5 aromatic rings. The van der Waals surface area contributed by atoms with Gasteiger partial charge in [0.25, 0.3) is 0 Å². The summed E-state index contributed by atoms with van der Waals surface area (Å²) in [5, 5.41) is 21.4. The Morgan fingerprint density at radius 2 is 0.607 bits per heavy atom. The van der Waals surface area contributed by atoms with E-state index in [1.54, 1.807) is 0 Å². The van der Waals surface area contributed by atoms with Gasteiger partial charge in [-0.1, -0.05) is 48.5 Å². The summed E-state index contributed by atoms with van der Waals surface area (Å²) >= 11 is 0. The number of aromatic nitrogens is 4. The van der Waals surface area contributed by atoms with E-state index in [0.717, 1.165) is 163 Å². The van der Waals surface area contributed by atoms with Crippen molar-refractivity contribution in [2.45, 2.75) is 65.4 Å². The first kappa shape index (κ1) is 39.7. The number of nitrogens with one attached hydrogen (secondary N) is 6. The highest BCUT2D eigenvalue weighted by Gasteiger charge is 2.13. The molecule has 0 radical (unpaired) electrons. The summed E-state index contributed by atoms with van der Waals surface area (Å²) in [4.78, 5) is 24.8. The molecule has 2 aliphatic heterocycles. The number of hydrogen-bond donors (Lipinski definition) is 6. The summed E-state index contributed by atoms with van der Waals surface area (Å²) in [6, 6.07) is 34.6. The largest absolute Gasteiger partial charge is 0.310 e. The topological polar surface area (TPSA) is 130 Å². The van der Waals surface area contributed by atoms with Gasteiger partial charge >= 0.3 is 0 Å². The molecule has 12 heteroatoms. The molecule has 12 nitrogen and oxygen atoms in total. The van der Waals surface area contributed by atoms with Gasteiger partial charge in [0.2, 0.25) is 0 Å². The number of pyridine rings is 4. The van der Waals surface area contributed by atoms with Crippen molar-refractivity contribution in [2.24, 2.45) is 0 Å². The van der Waals surface area contributed by atoms with Gasteiger partial charge in [-0.25, -0.2) is 0 Å². The molecule has 0 atom stereocenters. The highest BCUT2D eigenvalue weighted by molar-refractivity contribution is 5.23. The van der Waals surface area contributed by atoms with Crippen LogP contribution in [-0.4, -0.2) is 82.1 Å². The fraction of sp³-hybridized carbons (Fsp3) is 0.409. The molecule has 0 unspecified atom stereocenters. The van der Waals surface area contributed by atoms with E-state index in [4.69, 9.17) is 19.9 Å². The van der Waals surface area contributed by atoms with Crippen molar-refractivity contribution >= 4 is 0 Å². The van der Waals surface area contributed by atoms with E-state index in [2.05, 4.69) is 139 Å². The summed E-state index contributed by atoms with van der Waals surface area (Å²) in [5.41, 5.74) is 11.2. The Bertz CT molecular complexity index is 1780. The molecular weight excluding hydrogens is 697 g/mol. The van der Waals surface area contributed by atoms with Gasteiger partial charge in [-0.05, 0) is 59.7 Å². The lowest BCUT2D eigenvalue weighted by molar-refractivity contribution is 0.250. The molecule has 0 aliphatic carbocycles. The van der Waals surface area contributed by atoms with Crippen LogP contribution in [-0.2, 0) is 65.4 Å². The maximum atomic E-state index is 5.03. The second kappa shape index (κ2) is 21.7. The van der Waals surface area contributed by atoms with Crippen molar-refractivity contribution in [3.63, 3.8) is 0 Å². The maximum Gasteiger partial charge on any atom is 0.0548 e. The normalized spacial score (nSPS) is 17.9. The Morgan fingerprint density at radius 3 is 0.929 bits per heavy atom. The Kier molecular flexibility index (Phi) is 15.4. The summed E-state index contributed by atoms with van der Waals surface area (Å²) in [6.45, 7) is 14.8. The number of hydrogen-bond acceptors (Lipinski definition) is 12. The van der Waals surface area contributed by atoms with Gasteiger partial charge < -0.3 is 31.9 Å². The molecule has 0 saturated carbocycles. The summed E-state index contributed by atoms with van der Waals surface area (Å²) in [7, 11) is 0. The molecule has 294 valence electrons. The zero-order valence-corrected chi connectivity index (χ0v) is 32.6. The lowest BCUT2D eigenvalue weighted by Crippen LogP contribution is -2.32. The van der Waals surface area contributed by atoms with Gasteiger partial charge in [0.15, 0.2) is 0 Å². The summed E-state index contributed by atoms with van der Waals surface area (Å²) in [6.07, 6.45) is 0. The lowest BCUT2D eigenvalue weighted by Gasteiger charge is -2.24. The van der Waals surface area contributed by atoms with E-state index >= 15 is 0 Å². The number of nitrogens with zero attached hydrogens (tertiary/aromatic N) is 6. The van der Waals surface area contributed by atoms with Crippen molar-refractivity contribution in [1.29, 1.82) is 0 Å². The van der Waals surface area contributed by atoms with Crippen molar-refractivity contribution in [3.8, 4) is 0 Å². The minimum absolute atomic E-state index is 0.746. The first-order valence-electron chi connectivity index (χ1n) is 20.3. The molecular formula is C44H58N12. The van der Waals surface area contributed by atoms with Crippen LogP contribution in [0.5, 0.6) is 0 Å². The van der Waals surface area contributed by atoms with E-state index in [1.165, 1.54) is 11.1 Å². The predicted molar refractivity (Wildman–Crippen MR) is 222 cm³/mol. The number of rotatable bonds is 4. The average Bonchev–Trinajstić information content (AvgIpc) is 3.21. The van der Waals surface area contributed by atoms with Crippen molar-refractivity contribution < 1.29 is 0 Å². The van der Waals surface area contributed by atoms with Crippen LogP contribution in [0.25, 0.3) is 0 Å². The molecule has 4 aromatic heterocycles. The van der Waals surface area contributed by atoms with Crippen LogP contribution in [0.4, 0.5) is 0 Å². The quantitative estimate of drug-likeness (QED) is 0.161. The van der Waals surface area contributed by atoms with Gasteiger partial charge in [-0.2, -0.15) is 0 Å². The van der Waals surface area contributed by atoms with Crippen molar-refractivity contribution in [3.05, 3.63) is 154 Å². The minimum Gasteiger partial charge on any atom is -0.310 e. The minimum atomic E-state index is 0.746. The van der Waals surface area contributed by atoms with Crippen LogP contribution in [0.1, 0.15) is 56.7 Å². The fourth-order valence-electron chi connectivity index (χ4n) is 7.16. The zero-order chi connectivity index (χ0) is 38.0. The highest BCUT2D eigenvalue weighted by atomic mass is 15.2. The van der Waals surface area contributed by atoms with Gasteiger partial charge in [-0.15, -0.1) is 0 Å². The van der Waals surface area contributed by atoms with E-state index in [9.17, 15) is 0 Å². The smallest absolute Gasteiger partial charge is 0.0548 e. The zero-order valence-electron chi connectivity index (χ0n) is 32.6. The van der Waals surface area contributed by atoms with Crippen LogP contribution in [0, 0.1) is 0 Å². The van der Waals surface area contributed by atoms with Crippen LogP contribution in [0.3, 0.4) is 0 Å². The molecule has 8 bridgehead atoms. The monoisotopic (exact) mass is 754 g/mol.